The molecule has 0 saturated carbocycles. The van der Waals surface area contributed by atoms with E-state index < -0.39 is 0 Å². The first kappa shape index (κ1) is 17.5. The van der Waals surface area contributed by atoms with Crippen LogP contribution in [0.15, 0.2) is 22.7 Å². The van der Waals surface area contributed by atoms with E-state index in [-0.39, 0.29) is 0 Å². The van der Waals surface area contributed by atoms with Gasteiger partial charge in [0, 0.05) is 29.3 Å². The number of benzene rings is 1. The second-order valence-corrected chi connectivity index (χ2v) is 6.38. The van der Waals surface area contributed by atoms with Gasteiger partial charge in [0.05, 0.1) is 0 Å². The summed E-state index contributed by atoms with van der Waals surface area (Å²) in [7, 11) is 2.22. The Hall–Kier alpha value is -0.540. The monoisotopic (exact) mass is 340 g/mol. The third kappa shape index (κ3) is 4.49. The molecular weight excluding hydrogens is 312 g/mol. The van der Waals surface area contributed by atoms with E-state index in [1.54, 1.807) is 0 Å². The highest BCUT2D eigenvalue weighted by Crippen LogP contribution is 2.31. The summed E-state index contributed by atoms with van der Waals surface area (Å²) in [5.41, 5.74) is 2.72. The first-order valence-electron chi connectivity index (χ1n) is 7.80. The van der Waals surface area contributed by atoms with E-state index in [2.05, 4.69) is 79.1 Å². The third-order valence-electron chi connectivity index (χ3n) is 4.03. The average molecular weight is 341 g/mol. The predicted molar refractivity (Wildman–Crippen MR) is 93.6 cm³/mol. The van der Waals surface area contributed by atoms with Crippen molar-refractivity contribution in [2.24, 2.45) is 0 Å². The van der Waals surface area contributed by atoms with E-state index >= 15 is 0 Å². The minimum atomic E-state index is 0.374. The fraction of sp³-hybridized carbons (Fsp3) is 0.647. The molecule has 1 rings (SSSR count). The van der Waals surface area contributed by atoms with Crippen LogP contribution in [0.3, 0.4) is 0 Å². The van der Waals surface area contributed by atoms with Crippen LogP contribution < -0.4 is 10.2 Å². The van der Waals surface area contributed by atoms with Crippen molar-refractivity contribution < 1.29 is 0 Å². The molecule has 114 valence electrons. The summed E-state index contributed by atoms with van der Waals surface area (Å²) < 4.78 is 1.15. The van der Waals surface area contributed by atoms with E-state index in [1.165, 1.54) is 24.1 Å². The summed E-state index contributed by atoms with van der Waals surface area (Å²) in [5.74, 6) is 0. The zero-order valence-corrected chi connectivity index (χ0v) is 15.1. The van der Waals surface area contributed by atoms with Crippen LogP contribution in [0.2, 0.25) is 0 Å². The van der Waals surface area contributed by atoms with Gasteiger partial charge in [-0.3, -0.25) is 0 Å². The molecule has 1 atom stereocenters. The van der Waals surface area contributed by atoms with Crippen LogP contribution in [-0.4, -0.2) is 19.6 Å². The third-order valence-corrected chi connectivity index (χ3v) is 4.52. The van der Waals surface area contributed by atoms with Crippen molar-refractivity contribution in [1.82, 2.24) is 5.32 Å². The molecule has 1 N–H and O–H groups in total. The van der Waals surface area contributed by atoms with Crippen molar-refractivity contribution in [3.05, 3.63) is 28.2 Å². The Kier molecular flexibility index (Phi) is 7.60. The highest BCUT2D eigenvalue weighted by atomic mass is 79.9. The number of rotatable bonds is 8. The van der Waals surface area contributed by atoms with Crippen LogP contribution in [0.4, 0.5) is 5.69 Å². The maximum atomic E-state index is 3.61. The van der Waals surface area contributed by atoms with Crippen molar-refractivity contribution in [2.75, 3.05) is 18.5 Å². The van der Waals surface area contributed by atoms with Crippen LogP contribution in [-0.2, 0) is 0 Å². The minimum absolute atomic E-state index is 0.374. The molecule has 1 aromatic rings. The van der Waals surface area contributed by atoms with Crippen LogP contribution in [0, 0.1) is 0 Å². The van der Waals surface area contributed by atoms with Crippen molar-refractivity contribution in [2.45, 2.75) is 59.0 Å². The Morgan fingerprint density at radius 3 is 2.40 bits per heavy atom. The van der Waals surface area contributed by atoms with Crippen LogP contribution in [0.1, 0.15) is 58.6 Å². The molecule has 1 unspecified atom stereocenters. The van der Waals surface area contributed by atoms with Crippen LogP contribution in [0.5, 0.6) is 0 Å². The van der Waals surface area contributed by atoms with E-state index in [9.17, 15) is 0 Å². The molecule has 2 nitrogen and oxygen atoms in total. The van der Waals surface area contributed by atoms with Gasteiger partial charge in [0.2, 0.25) is 0 Å². The summed E-state index contributed by atoms with van der Waals surface area (Å²) in [5, 5.41) is 3.60. The molecule has 3 heteroatoms. The molecule has 0 aliphatic carbocycles. The first-order valence-corrected chi connectivity index (χ1v) is 8.60. The van der Waals surface area contributed by atoms with Crippen molar-refractivity contribution in [3.63, 3.8) is 0 Å². The Labute approximate surface area is 133 Å². The highest BCUT2D eigenvalue weighted by Gasteiger charge is 2.17. The fourth-order valence-electron chi connectivity index (χ4n) is 2.70. The molecule has 1 aromatic carbocycles. The van der Waals surface area contributed by atoms with Crippen LogP contribution >= 0.6 is 15.9 Å². The molecule has 0 saturated heterocycles. The molecule has 0 heterocycles. The molecule has 0 spiro atoms. The van der Waals surface area contributed by atoms with Gasteiger partial charge in [-0.1, -0.05) is 36.7 Å². The maximum absolute atomic E-state index is 3.61. The first-order chi connectivity index (χ1) is 9.54. The molecule has 0 aliphatic rings. The lowest BCUT2D eigenvalue weighted by Gasteiger charge is -2.32. The Balaban J connectivity index is 3.05. The maximum Gasteiger partial charge on any atom is 0.0415 e. The molecule has 0 radical (unpaired) electrons. The topological polar surface area (TPSA) is 15.3 Å². The average Bonchev–Trinajstić information content (AvgIpc) is 2.45. The van der Waals surface area contributed by atoms with Gasteiger partial charge in [0.15, 0.2) is 0 Å². The summed E-state index contributed by atoms with van der Waals surface area (Å²) in [6, 6.07) is 7.61. The normalized spacial score (nSPS) is 12.8. The fourth-order valence-corrected chi connectivity index (χ4v) is 3.08. The molecule has 0 aromatic heterocycles. The predicted octanol–water partition coefficient (Wildman–Crippen LogP) is 5.13. The second-order valence-electron chi connectivity index (χ2n) is 5.46. The molecule has 0 amide bonds. The molecule has 20 heavy (non-hydrogen) atoms. The lowest BCUT2D eigenvalue weighted by Crippen LogP contribution is -2.32. The number of nitrogens with zero attached hydrogens (tertiary/aromatic N) is 1. The Morgan fingerprint density at radius 2 is 1.85 bits per heavy atom. The smallest absolute Gasteiger partial charge is 0.0415 e. The number of nitrogens with one attached hydrogen (secondary N) is 1. The highest BCUT2D eigenvalue weighted by molar-refractivity contribution is 9.10. The van der Waals surface area contributed by atoms with E-state index in [1.807, 2.05) is 0 Å². The second kappa shape index (κ2) is 8.68. The van der Waals surface area contributed by atoms with Crippen molar-refractivity contribution in [3.8, 4) is 0 Å². The summed E-state index contributed by atoms with van der Waals surface area (Å²) in [6.07, 6.45) is 3.52. The number of hydrogen-bond donors (Lipinski definition) is 1. The number of hydrogen-bond acceptors (Lipinski definition) is 2. The van der Waals surface area contributed by atoms with Gasteiger partial charge in [-0.2, -0.15) is 0 Å². The molecular formula is C17H29BrN2. The van der Waals surface area contributed by atoms with E-state index in [0.717, 1.165) is 17.4 Å². The van der Waals surface area contributed by atoms with Gasteiger partial charge in [-0.05, 0) is 56.5 Å². The number of halogens is 1. The van der Waals surface area contributed by atoms with Crippen molar-refractivity contribution >= 4 is 21.6 Å². The van der Waals surface area contributed by atoms with Crippen LogP contribution in [0.25, 0.3) is 0 Å². The van der Waals surface area contributed by atoms with Gasteiger partial charge in [0.25, 0.3) is 0 Å². The molecule has 0 bridgehead atoms. The zero-order valence-electron chi connectivity index (χ0n) is 13.5. The van der Waals surface area contributed by atoms with Gasteiger partial charge >= 0.3 is 0 Å². The Morgan fingerprint density at radius 1 is 1.20 bits per heavy atom. The quantitative estimate of drug-likeness (QED) is 0.705. The SMILES string of the molecule is CCCNC(C)c1cc(Br)ccc1N(C)C(CC)CC. The summed E-state index contributed by atoms with van der Waals surface area (Å²) >= 11 is 3.61. The largest absolute Gasteiger partial charge is 0.371 e. The van der Waals surface area contributed by atoms with E-state index in [0.29, 0.717) is 12.1 Å². The standard InChI is InChI=1S/C17H29BrN2/c1-6-11-19-13(4)16-12-14(18)9-10-17(16)20(5)15(7-2)8-3/h9-10,12-13,15,19H,6-8,11H2,1-5H3. The lowest BCUT2D eigenvalue weighted by atomic mass is 10.0. The summed E-state index contributed by atoms with van der Waals surface area (Å²) in [4.78, 5) is 2.44. The Bertz CT molecular complexity index is 402. The molecule has 0 aliphatic heterocycles. The van der Waals surface area contributed by atoms with Gasteiger partial charge in [-0.25, -0.2) is 0 Å². The summed E-state index contributed by atoms with van der Waals surface area (Å²) in [6.45, 7) is 10.0. The van der Waals surface area contributed by atoms with Gasteiger partial charge in [0.1, 0.15) is 0 Å². The lowest BCUT2D eigenvalue weighted by molar-refractivity contribution is 0.557. The number of anilines is 1. The van der Waals surface area contributed by atoms with E-state index in [4.69, 9.17) is 0 Å². The molecule has 0 fully saturated rings. The minimum Gasteiger partial charge on any atom is -0.371 e. The van der Waals surface area contributed by atoms with Crippen molar-refractivity contribution in [1.29, 1.82) is 0 Å². The van der Waals surface area contributed by atoms with Gasteiger partial charge in [-0.15, -0.1) is 0 Å². The zero-order chi connectivity index (χ0) is 15.1. The van der Waals surface area contributed by atoms with Gasteiger partial charge < -0.3 is 10.2 Å².